The van der Waals surface area contributed by atoms with Gasteiger partial charge in [-0.2, -0.15) is 0 Å². The normalized spacial score (nSPS) is 15.5. The lowest BCUT2D eigenvalue weighted by molar-refractivity contribution is -0.384. The lowest BCUT2D eigenvalue weighted by Gasteiger charge is -2.30. The highest BCUT2D eigenvalue weighted by molar-refractivity contribution is 6.00. The van der Waals surface area contributed by atoms with E-state index in [1.165, 1.54) is 18.6 Å². The molecular weight excluding hydrogens is 386 g/mol. The summed E-state index contributed by atoms with van der Waals surface area (Å²) >= 11 is 0. The number of nitro benzene ring substituents is 1. The number of nitro groups is 1. The smallest absolute Gasteiger partial charge is 0.270 e. The lowest BCUT2D eigenvalue weighted by atomic mass is 10.1. The molecule has 1 N–H and O–H groups in total. The molecule has 30 heavy (non-hydrogen) atoms. The van der Waals surface area contributed by atoms with Gasteiger partial charge >= 0.3 is 0 Å². The fourth-order valence-electron chi connectivity index (χ4n) is 3.89. The van der Waals surface area contributed by atoms with Gasteiger partial charge in [-0.3, -0.25) is 14.9 Å². The van der Waals surface area contributed by atoms with Gasteiger partial charge in [-0.15, -0.1) is 0 Å². The number of benzene rings is 2. The average Bonchev–Trinajstić information content (AvgIpc) is 2.79. The zero-order chi connectivity index (χ0) is 20.9. The van der Waals surface area contributed by atoms with Crippen LogP contribution in [0, 0.1) is 10.1 Å². The first-order chi connectivity index (χ1) is 14.6. The quantitative estimate of drug-likeness (QED) is 0.579. The summed E-state index contributed by atoms with van der Waals surface area (Å²) in [5.74, 6) is 1.16. The van der Waals surface area contributed by atoms with Crippen molar-refractivity contribution in [2.75, 3.05) is 37.7 Å². The summed E-state index contributed by atoms with van der Waals surface area (Å²) in [6.07, 6.45) is 3.90. The zero-order valence-corrected chi connectivity index (χ0v) is 16.8. The van der Waals surface area contributed by atoms with Gasteiger partial charge in [-0.25, -0.2) is 0 Å². The molecule has 2 aromatic rings. The molecule has 0 atom stereocenters. The molecule has 4 rings (SSSR count). The Bertz CT molecular complexity index is 940. The van der Waals surface area contributed by atoms with Gasteiger partial charge < -0.3 is 19.7 Å². The van der Waals surface area contributed by atoms with E-state index in [1.54, 1.807) is 6.07 Å². The van der Waals surface area contributed by atoms with E-state index >= 15 is 0 Å². The van der Waals surface area contributed by atoms with Gasteiger partial charge in [0.1, 0.15) is 13.2 Å². The van der Waals surface area contributed by atoms with Crippen LogP contribution in [0.1, 0.15) is 35.2 Å². The molecule has 0 unspecified atom stereocenters. The summed E-state index contributed by atoms with van der Waals surface area (Å²) < 4.78 is 11.1. The van der Waals surface area contributed by atoms with E-state index in [1.807, 2.05) is 18.2 Å². The number of carbonyl (C=O) groups is 1. The monoisotopic (exact) mass is 411 g/mol. The molecule has 8 heteroatoms. The Morgan fingerprint density at radius 3 is 2.57 bits per heavy atom. The van der Waals surface area contributed by atoms with Crippen LogP contribution in [0.4, 0.5) is 11.4 Å². The molecule has 1 fully saturated rings. The average molecular weight is 411 g/mol. The molecular formula is C22H25N3O5. The molecule has 0 bridgehead atoms. The van der Waals surface area contributed by atoms with E-state index in [2.05, 4.69) is 10.2 Å². The van der Waals surface area contributed by atoms with Crippen LogP contribution in [0.5, 0.6) is 11.5 Å². The number of hydrogen-bond acceptors (Lipinski definition) is 6. The first-order valence-electron chi connectivity index (χ1n) is 10.3. The van der Waals surface area contributed by atoms with Crippen molar-refractivity contribution in [2.24, 2.45) is 0 Å². The second-order valence-electron chi connectivity index (χ2n) is 7.49. The fourth-order valence-corrected chi connectivity index (χ4v) is 3.89. The minimum absolute atomic E-state index is 0.0762. The molecule has 2 aromatic carbocycles. The van der Waals surface area contributed by atoms with Crippen molar-refractivity contribution < 1.29 is 19.2 Å². The Labute approximate surface area is 174 Å². The number of piperidine rings is 1. The van der Waals surface area contributed by atoms with Crippen LogP contribution in [-0.4, -0.2) is 43.7 Å². The summed E-state index contributed by atoms with van der Waals surface area (Å²) in [5.41, 5.74) is 2.06. The van der Waals surface area contributed by atoms with Gasteiger partial charge in [0.15, 0.2) is 11.5 Å². The Kier molecular flexibility index (Phi) is 6.02. The van der Waals surface area contributed by atoms with Crippen molar-refractivity contribution >= 4 is 17.3 Å². The van der Waals surface area contributed by atoms with Crippen LogP contribution in [0.15, 0.2) is 36.4 Å². The molecule has 2 aliphatic heterocycles. The van der Waals surface area contributed by atoms with Crippen LogP contribution in [0.3, 0.4) is 0 Å². The van der Waals surface area contributed by atoms with E-state index in [0.717, 1.165) is 48.7 Å². The van der Waals surface area contributed by atoms with Gasteiger partial charge in [-0.05, 0) is 49.4 Å². The number of rotatable bonds is 6. The number of hydrogen-bond donors (Lipinski definition) is 1. The number of ether oxygens (including phenoxy) is 2. The Morgan fingerprint density at radius 1 is 1.03 bits per heavy atom. The molecule has 1 saturated heterocycles. The van der Waals surface area contributed by atoms with Crippen LogP contribution >= 0.6 is 0 Å². The maximum absolute atomic E-state index is 12.9. The van der Waals surface area contributed by atoms with Crippen LogP contribution in [-0.2, 0) is 6.42 Å². The summed E-state index contributed by atoms with van der Waals surface area (Å²) in [4.78, 5) is 25.8. The third-order valence-corrected chi connectivity index (χ3v) is 5.44. The molecule has 0 aromatic heterocycles. The number of nitrogens with zero attached hydrogens (tertiary/aromatic N) is 2. The minimum Gasteiger partial charge on any atom is -0.486 e. The molecule has 0 aliphatic carbocycles. The van der Waals surface area contributed by atoms with Crippen molar-refractivity contribution in [2.45, 2.75) is 25.7 Å². The van der Waals surface area contributed by atoms with Gasteiger partial charge in [0.2, 0.25) is 0 Å². The van der Waals surface area contributed by atoms with E-state index in [9.17, 15) is 14.9 Å². The standard InChI is InChI=1S/C22H25N3O5/c26-22(23-9-8-16-4-7-20-21(14-16)30-13-12-29-20)18-15-17(25(27)28)5-6-19(18)24-10-2-1-3-11-24/h4-7,14-15H,1-3,8-13H2,(H,23,26). The van der Waals surface area contributed by atoms with Crippen molar-refractivity contribution in [3.63, 3.8) is 0 Å². The fraction of sp³-hybridized carbons (Fsp3) is 0.409. The number of fused-ring (bicyclic) bond motifs is 1. The van der Waals surface area contributed by atoms with Gasteiger partial charge in [0, 0.05) is 31.8 Å². The van der Waals surface area contributed by atoms with E-state index < -0.39 is 4.92 Å². The van der Waals surface area contributed by atoms with E-state index in [-0.39, 0.29) is 11.6 Å². The number of carbonyl (C=O) groups excluding carboxylic acids is 1. The first kappa shape index (κ1) is 20.0. The Balaban J connectivity index is 1.45. The van der Waals surface area contributed by atoms with Crippen LogP contribution in [0.25, 0.3) is 0 Å². The highest BCUT2D eigenvalue weighted by Crippen LogP contribution is 2.31. The zero-order valence-electron chi connectivity index (χ0n) is 16.8. The largest absolute Gasteiger partial charge is 0.486 e. The third kappa shape index (κ3) is 4.48. The molecule has 2 heterocycles. The first-order valence-corrected chi connectivity index (χ1v) is 10.3. The highest BCUT2D eigenvalue weighted by Gasteiger charge is 2.22. The molecule has 158 valence electrons. The van der Waals surface area contributed by atoms with Crippen molar-refractivity contribution in [3.05, 3.63) is 57.6 Å². The highest BCUT2D eigenvalue weighted by atomic mass is 16.6. The summed E-state index contributed by atoms with van der Waals surface area (Å²) in [7, 11) is 0. The second kappa shape index (κ2) is 9.02. The topological polar surface area (TPSA) is 93.9 Å². The van der Waals surface area contributed by atoms with Crippen molar-refractivity contribution in [1.29, 1.82) is 0 Å². The molecule has 8 nitrogen and oxygen atoms in total. The predicted molar refractivity (Wildman–Crippen MR) is 113 cm³/mol. The molecule has 0 saturated carbocycles. The van der Waals surface area contributed by atoms with Crippen LogP contribution in [0.2, 0.25) is 0 Å². The number of non-ortho nitro benzene ring substituents is 1. The third-order valence-electron chi connectivity index (χ3n) is 5.44. The Morgan fingerprint density at radius 2 is 1.80 bits per heavy atom. The summed E-state index contributed by atoms with van der Waals surface area (Å²) in [6.45, 7) is 3.20. The predicted octanol–water partition coefficient (Wildman–Crippen LogP) is 3.33. The van der Waals surface area contributed by atoms with Crippen molar-refractivity contribution in [1.82, 2.24) is 5.32 Å². The van der Waals surface area contributed by atoms with Crippen LogP contribution < -0.4 is 19.7 Å². The summed E-state index contributed by atoms with van der Waals surface area (Å²) in [6, 6.07) is 10.3. The van der Waals surface area contributed by atoms with Gasteiger partial charge in [-0.1, -0.05) is 6.07 Å². The molecule has 0 radical (unpaired) electrons. The lowest BCUT2D eigenvalue weighted by Crippen LogP contribution is -2.33. The van der Waals surface area contributed by atoms with E-state index in [4.69, 9.17) is 9.47 Å². The maximum atomic E-state index is 12.9. The maximum Gasteiger partial charge on any atom is 0.270 e. The van der Waals surface area contributed by atoms with Gasteiger partial charge in [0.05, 0.1) is 16.2 Å². The van der Waals surface area contributed by atoms with E-state index in [0.29, 0.717) is 31.7 Å². The second-order valence-corrected chi connectivity index (χ2v) is 7.49. The molecule has 1 amide bonds. The number of nitrogens with one attached hydrogen (secondary N) is 1. The Hall–Kier alpha value is -3.29. The molecule has 0 spiro atoms. The molecule has 2 aliphatic rings. The number of anilines is 1. The van der Waals surface area contributed by atoms with Gasteiger partial charge in [0.25, 0.3) is 11.6 Å². The summed E-state index contributed by atoms with van der Waals surface area (Å²) in [5, 5.41) is 14.1. The SMILES string of the molecule is O=C(NCCc1ccc2c(c1)OCCO2)c1cc([N+](=O)[O-])ccc1N1CCCCC1. The minimum atomic E-state index is -0.466. The number of amides is 1. The van der Waals surface area contributed by atoms with Crippen molar-refractivity contribution in [3.8, 4) is 11.5 Å².